The number of benzene rings is 8. The van der Waals surface area contributed by atoms with Gasteiger partial charge in [-0.15, -0.1) is 11.3 Å². The quantitative estimate of drug-likeness (QED) is 0.162. The summed E-state index contributed by atoms with van der Waals surface area (Å²) >= 11 is 1.91. The lowest BCUT2D eigenvalue weighted by Crippen LogP contribution is -2.67. The Labute approximate surface area is 349 Å². The molecular weight excluding hydrogens is 752 g/mol. The van der Waals surface area contributed by atoms with Crippen LogP contribution in [0, 0.1) is 0 Å². The van der Waals surface area contributed by atoms with Crippen molar-refractivity contribution in [3.05, 3.63) is 175 Å². The third-order valence-corrected chi connectivity index (χ3v) is 18.5. The normalized spacial score (nSPS) is 15.8. The van der Waals surface area contributed by atoms with Gasteiger partial charge < -0.3 is 14.4 Å². The minimum Gasteiger partial charge on any atom is -0.457 e. The number of thiophene rings is 1. The van der Waals surface area contributed by atoms with Crippen LogP contribution in [0.1, 0.15) is 25.0 Å². The van der Waals surface area contributed by atoms with Crippen molar-refractivity contribution in [3.63, 3.8) is 0 Å². The number of para-hydroxylation sites is 3. The van der Waals surface area contributed by atoms with E-state index in [0.717, 1.165) is 11.5 Å². The van der Waals surface area contributed by atoms with Crippen LogP contribution in [0.25, 0.3) is 42.4 Å². The highest BCUT2D eigenvalue weighted by atomic mass is 32.1. The first kappa shape index (κ1) is 33.6. The van der Waals surface area contributed by atoms with E-state index in [1.807, 2.05) is 11.3 Å². The number of hydrogen-bond acceptors (Lipinski definition) is 4. The Morgan fingerprint density at radius 2 is 1.32 bits per heavy atom. The number of nitrogens with zero attached hydrogens (tertiary/aromatic N) is 2. The predicted octanol–water partition coefficient (Wildman–Crippen LogP) is 12.0. The lowest BCUT2D eigenvalue weighted by molar-refractivity contribution is 0.418. The van der Waals surface area contributed by atoms with Crippen molar-refractivity contribution in [2.75, 3.05) is 9.71 Å². The Bertz CT molecular complexity index is 3280. The first-order chi connectivity index (χ1) is 28.8. The molecule has 13 rings (SSSR count). The van der Waals surface area contributed by atoms with Crippen molar-refractivity contribution in [1.82, 2.24) is 0 Å². The van der Waals surface area contributed by atoms with Gasteiger partial charge in [0.2, 0.25) is 0 Å². The van der Waals surface area contributed by atoms with Gasteiger partial charge in [-0.25, -0.2) is 0 Å². The Morgan fingerprint density at radius 3 is 2.19 bits per heavy atom. The Hall–Kier alpha value is -6.34. The fourth-order valence-corrected chi connectivity index (χ4v) is 15.2. The van der Waals surface area contributed by atoms with Crippen LogP contribution in [0.5, 0.6) is 11.5 Å². The molecule has 0 N–H and O–H groups in total. The first-order valence-electron chi connectivity index (χ1n) is 20.7. The van der Waals surface area contributed by atoms with Crippen molar-refractivity contribution in [2.45, 2.75) is 32.4 Å². The molecule has 5 heterocycles. The maximum Gasteiger partial charge on any atom is 0.333 e. The Balaban J connectivity index is 1.19. The molecule has 0 amide bonds. The SMILES string of the molecule is CC1(C)c2ccccc2Oc2cc3c(cc21)N(c1ccc(-c2ccccc2)cc1)B1c2cccc4c2N(c2ccccc2[Si]4(C)C)c2cc4sc5ccccc5c4c-3c21. The van der Waals surface area contributed by atoms with E-state index < -0.39 is 8.07 Å². The van der Waals surface area contributed by atoms with Crippen molar-refractivity contribution in [2.24, 2.45) is 0 Å². The van der Waals surface area contributed by atoms with E-state index in [2.05, 4.69) is 200 Å². The number of hydrogen-bond donors (Lipinski definition) is 0. The van der Waals surface area contributed by atoms with E-state index in [0.29, 0.717) is 0 Å². The molecular formula is C53H39BN2OSSi. The molecule has 0 unspecified atom stereocenters. The predicted molar refractivity (Wildman–Crippen MR) is 254 cm³/mol. The lowest BCUT2D eigenvalue weighted by Gasteiger charge is -2.50. The summed E-state index contributed by atoms with van der Waals surface area (Å²) in [6, 6.07) is 61.4. The summed E-state index contributed by atoms with van der Waals surface area (Å²) in [6.07, 6.45) is 0. The summed E-state index contributed by atoms with van der Waals surface area (Å²) in [6.45, 7) is 9.72. The number of anilines is 5. The molecule has 3 nitrogen and oxygen atoms in total. The molecule has 0 fully saturated rings. The van der Waals surface area contributed by atoms with Gasteiger partial charge in [0.05, 0.1) is 0 Å². The molecule has 8 aromatic carbocycles. The van der Waals surface area contributed by atoms with Gasteiger partial charge in [0.1, 0.15) is 19.6 Å². The minimum atomic E-state index is -2.09. The van der Waals surface area contributed by atoms with Gasteiger partial charge in [0.15, 0.2) is 0 Å². The maximum absolute atomic E-state index is 6.95. The molecule has 0 saturated carbocycles. The van der Waals surface area contributed by atoms with Gasteiger partial charge in [-0.05, 0) is 86.5 Å². The fourth-order valence-electron chi connectivity index (χ4n) is 11.1. The monoisotopic (exact) mass is 790 g/mol. The zero-order valence-electron chi connectivity index (χ0n) is 33.4. The average Bonchev–Trinajstić information content (AvgIpc) is 3.64. The van der Waals surface area contributed by atoms with Crippen molar-refractivity contribution in [3.8, 4) is 33.8 Å². The van der Waals surface area contributed by atoms with Gasteiger partial charge in [-0.2, -0.15) is 0 Å². The van der Waals surface area contributed by atoms with E-state index in [1.54, 1.807) is 0 Å². The van der Waals surface area contributed by atoms with E-state index >= 15 is 0 Å². The fraction of sp³-hybridized carbons (Fsp3) is 0.0943. The van der Waals surface area contributed by atoms with E-state index in [9.17, 15) is 0 Å². The van der Waals surface area contributed by atoms with Crippen molar-refractivity contribution < 1.29 is 4.74 Å². The van der Waals surface area contributed by atoms with Gasteiger partial charge in [0, 0.05) is 70.7 Å². The molecule has 0 spiro atoms. The molecule has 0 radical (unpaired) electrons. The highest BCUT2D eigenvalue weighted by molar-refractivity contribution is 7.26. The molecule has 6 heteroatoms. The zero-order chi connectivity index (χ0) is 39.4. The van der Waals surface area contributed by atoms with Crippen LogP contribution in [-0.2, 0) is 5.41 Å². The third-order valence-electron chi connectivity index (χ3n) is 13.9. The van der Waals surface area contributed by atoms with Crippen LogP contribution in [0.3, 0.4) is 0 Å². The second kappa shape index (κ2) is 11.7. The molecule has 0 bridgehead atoms. The minimum absolute atomic E-state index is 0.0719. The van der Waals surface area contributed by atoms with Crippen molar-refractivity contribution in [1.29, 1.82) is 0 Å². The Morgan fingerprint density at radius 1 is 0.593 bits per heavy atom. The third kappa shape index (κ3) is 4.37. The molecule has 4 aliphatic rings. The average molecular weight is 791 g/mol. The van der Waals surface area contributed by atoms with E-state index in [-0.39, 0.29) is 12.3 Å². The second-order valence-electron chi connectivity index (χ2n) is 17.7. The number of ether oxygens (including phenoxy) is 1. The van der Waals surface area contributed by atoms with E-state index in [1.165, 1.54) is 103 Å². The summed E-state index contributed by atoms with van der Waals surface area (Å²) < 4.78 is 9.58. The van der Waals surface area contributed by atoms with Gasteiger partial charge in [-0.3, -0.25) is 0 Å². The van der Waals surface area contributed by atoms with Crippen LogP contribution in [0.2, 0.25) is 13.1 Å². The standard InChI is InChI=1S/C53H39BN2OSSi/c1-53(2)37-18-9-11-21-43(37)57-44-29-36-41(30-38(44)53)56(34-27-25-33(26-28-34)32-15-6-5-7-16-32)54-39-19-14-24-48-52(39)55(40-20-10-13-23-47(40)59(48,3)4)42-31-46-49(50(36)51(42)54)35-17-8-12-22-45(35)58-46/h5-31H,1-4H3. The molecule has 59 heavy (non-hydrogen) atoms. The van der Waals surface area contributed by atoms with E-state index in [4.69, 9.17) is 4.74 Å². The first-order valence-corrected chi connectivity index (χ1v) is 24.5. The van der Waals surface area contributed by atoms with Crippen LogP contribution < -0.4 is 35.7 Å². The summed E-state index contributed by atoms with van der Waals surface area (Å²) in [4.78, 5) is 5.32. The second-order valence-corrected chi connectivity index (χ2v) is 23.1. The van der Waals surface area contributed by atoms with Crippen LogP contribution >= 0.6 is 11.3 Å². The zero-order valence-corrected chi connectivity index (χ0v) is 35.2. The molecule has 0 aliphatic carbocycles. The lowest BCUT2D eigenvalue weighted by atomic mass is 9.43. The molecule has 9 aromatic rings. The summed E-state index contributed by atoms with van der Waals surface area (Å²) in [5, 5.41) is 5.64. The molecule has 1 aromatic heterocycles. The summed E-state index contributed by atoms with van der Waals surface area (Å²) in [5.74, 6) is 1.87. The summed E-state index contributed by atoms with van der Waals surface area (Å²) in [7, 11) is -2.09. The topological polar surface area (TPSA) is 15.7 Å². The molecule has 0 atom stereocenters. The largest absolute Gasteiger partial charge is 0.457 e. The van der Waals surface area contributed by atoms with Crippen LogP contribution in [-0.4, -0.2) is 14.9 Å². The number of fused-ring (bicyclic) bond motifs is 12. The molecule has 280 valence electrons. The smallest absolute Gasteiger partial charge is 0.333 e. The van der Waals surface area contributed by atoms with Crippen LogP contribution in [0.4, 0.5) is 28.4 Å². The van der Waals surface area contributed by atoms with Crippen LogP contribution in [0.15, 0.2) is 164 Å². The molecule has 4 aliphatic heterocycles. The van der Waals surface area contributed by atoms with Gasteiger partial charge in [-0.1, -0.05) is 142 Å². The number of rotatable bonds is 2. The van der Waals surface area contributed by atoms with Gasteiger partial charge >= 0.3 is 6.85 Å². The van der Waals surface area contributed by atoms with Gasteiger partial charge in [0.25, 0.3) is 0 Å². The van der Waals surface area contributed by atoms with Crippen molar-refractivity contribution >= 4 is 96.2 Å². The molecule has 0 saturated heterocycles. The maximum atomic E-state index is 6.95. The highest BCUT2D eigenvalue weighted by Gasteiger charge is 2.51. The Kier molecular flexibility index (Phi) is 6.64. The summed E-state index contributed by atoms with van der Waals surface area (Å²) in [5.41, 5.74) is 16.2. The highest BCUT2D eigenvalue weighted by Crippen LogP contribution is 2.56.